The monoisotopic (exact) mass is 392 g/mol. The van der Waals surface area contributed by atoms with Crippen LogP contribution in [0.3, 0.4) is 0 Å². The molecule has 5 nitrogen and oxygen atoms in total. The Labute approximate surface area is 160 Å². The Morgan fingerprint density at radius 1 is 1.19 bits per heavy atom. The molecule has 0 spiro atoms. The van der Waals surface area contributed by atoms with Gasteiger partial charge in [0.15, 0.2) is 0 Å². The van der Waals surface area contributed by atoms with Crippen LogP contribution in [-0.2, 0) is 4.74 Å². The minimum absolute atomic E-state index is 0.175. The van der Waals surface area contributed by atoms with Gasteiger partial charge in [-0.25, -0.2) is 18.7 Å². The molecule has 0 aliphatic carbocycles. The van der Waals surface area contributed by atoms with Crippen LogP contribution in [0.5, 0.6) is 0 Å². The summed E-state index contributed by atoms with van der Waals surface area (Å²) in [6.07, 6.45) is -0.886. The molecule has 2 heterocycles. The molecule has 0 fully saturated rings. The van der Waals surface area contributed by atoms with Crippen LogP contribution in [0.4, 0.5) is 20.2 Å². The topological polar surface area (TPSA) is 59.1 Å². The third kappa shape index (κ3) is 4.07. The van der Waals surface area contributed by atoms with E-state index in [2.05, 4.69) is 20.6 Å². The number of aromatic nitrogens is 2. The molecule has 0 amide bonds. The summed E-state index contributed by atoms with van der Waals surface area (Å²) in [6, 6.07) is 5.95. The molecule has 1 aromatic carbocycles. The van der Waals surface area contributed by atoms with Crippen LogP contribution in [0.1, 0.15) is 35.2 Å². The summed E-state index contributed by atoms with van der Waals surface area (Å²) in [4.78, 5) is 9.95. The third-order valence-corrected chi connectivity index (χ3v) is 5.32. The minimum Gasteiger partial charge on any atom is -0.377 e. The summed E-state index contributed by atoms with van der Waals surface area (Å²) >= 11 is 1.54. The minimum atomic E-state index is -2.47. The molecule has 2 aromatic heterocycles. The van der Waals surface area contributed by atoms with Crippen molar-refractivity contribution >= 4 is 33.1 Å². The molecule has 0 radical (unpaired) electrons. The lowest BCUT2D eigenvalue weighted by atomic mass is 10.1. The first kappa shape index (κ1) is 19.6. The number of methoxy groups -OCH3 is 1. The second-order valence-electron chi connectivity index (χ2n) is 6.20. The van der Waals surface area contributed by atoms with Crippen LogP contribution < -0.4 is 10.6 Å². The molecule has 3 rings (SSSR count). The van der Waals surface area contributed by atoms with E-state index in [-0.39, 0.29) is 6.10 Å². The summed E-state index contributed by atoms with van der Waals surface area (Å²) in [6.45, 7) is 3.90. The van der Waals surface area contributed by atoms with E-state index in [1.165, 1.54) is 18.4 Å². The van der Waals surface area contributed by atoms with Crippen LogP contribution in [0, 0.1) is 6.92 Å². The van der Waals surface area contributed by atoms with Crippen molar-refractivity contribution in [3.8, 4) is 0 Å². The number of ether oxygens (including phenoxy) is 1. The molecular formula is C19H22F2N4OS. The van der Waals surface area contributed by atoms with E-state index in [4.69, 9.17) is 4.74 Å². The fourth-order valence-electron chi connectivity index (χ4n) is 3.00. The maximum absolute atomic E-state index is 13.1. The average Bonchev–Trinajstić information content (AvgIpc) is 3.03. The van der Waals surface area contributed by atoms with E-state index in [1.54, 1.807) is 37.6 Å². The molecule has 0 saturated heterocycles. The van der Waals surface area contributed by atoms with Gasteiger partial charge in [-0.2, -0.15) is 0 Å². The Morgan fingerprint density at radius 3 is 2.48 bits per heavy atom. The quantitative estimate of drug-likeness (QED) is 0.594. The van der Waals surface area contributed by atoms with E-state index < -0.39 is 12.5 Å². The number of nitrogens with one attached hydrogen (secondary N) is 2. The van der Waals surface area contributed by atoms with Gasteiger partial charge in [-0.3, -0.25) is 0 Å². The second-order valence-corrected chi connectivity index (χ2v) is 7.38. The number of hydrogen-bond donors (Lipinski definition) is 2. The molecule has 8 heteroatoms. The number of fused-ring (bicyclic) bond motifs is 1. The largest absolute Gasteiger partial charge is 0.377 e. The highest BCUT2D eigenvalue weighted by atomic mass is 32.1. The number of hydrogen-bond acceptors (Lipinski definition) is 6. The maximum atomic E-state index is 13.1. The van der Waals surface area contributed by atoms with Crippen LogP contribution >= 0.6 is 11.3 Å². The van der Waals surface area contributed by atoms with Gasteiger partial charge >= 0.3 is 0 Å². The molecule has 27 heavy (non-hydrogen) atoms. The highest BCUT2D eigenvalue weighted by molar-refractivity contribution is 7.18. The number of halogens is 2. The van der Waals surface area contributed by atoms with Gasteiger partial charge in [-0.1, -0.05) is 23.5 Å². The predicted molar refractivity (Wildman–Crippen MR) is 105 cm³/mol. The number of nitrogens with zero attached hydrogens (tertiary/aromatic N) is 2. The number of benzene rings is 1. The number of aryl methyl sites for hydroxylation is 1. The molecule has 144 valence electrons. The standard InChI is InChI=1S/C19H22F2N4OS/c1-10(26-4)15-14(9-23-19-17(15)24-11(2)27-19)25-13-7-5-12(6-8-13)16(22-3)18(20)21/h5-10,16,18,22,25H,1-4H3/t10-,16+/m1/s1. The van der Waals surface area contributed by atoms with Gasteiger partial charge in [0.1, 0.15) is 10.3 Å². The molecule has 2 N–H and O–H groups in total. The summed E-state index contributed by atoms with van der Waals surface area (Å²) in [7, 11) is 3.18. The van der Waals surface area contributed by atoms with Gasteiger partial charge in [0.25, 0.3) is 6.43 Å². The van der Waals surface area contributed by atoms with Gasteiger partial charge in [0.05, 0.1) is 29.0 Å². The van der Waals surface area contributed by atoms with Gasteiger partial charge in [-0.15, -0.1) is 0 Å². The lowest BCUT2D eigenvalue weighted by molar-refractivity contribution is 0.102. The number of anilines is 2. The second kappa shape index (κ2) is 8.24. The predicted octanol–water partition coefficient (Wildman–Crippen LogP) is 4.98. The summed E-state index contributed by atoms with van der Waals surface area (Å²) < 4.78 is 31.6. The van der Waals surface area contributed by atoms with Crippen molar-refractivity contribution in [2.45, 2.75) is 32.4 Å². The molecule has 2 atom stereocenters. The normalized spacial score (nSPS) is 13.9. The zero-order valence-corrected chi connectivity index (χ0v) is 16.4. The van der Waals surface area contributed by atoms with E-state index in [9.17, 15) is 8.78 Å². The molecule has 0 unspecified atom stereocenters. The lowest BCUT2D eigenvalue weighted by Crippen LogP contribution is -2.23. The Balaban J connectivity index is 1.94. The molecule has 0 aliphatic rings. The van der Waals surface area contributed by atoms with Crippen LogP contribution in [-0.4, -0.2) is 30.6 Å². The molecule has 0 bridgehead atoms. The Bertz CT molecular complexity index is 914. The first-order chi connectivity index (χ1) is 12.9. The molecule has 0 aliphatic heterocycles. The summed E-state index contributed by atoms with van der Waals surface area (Å²) in [5.41, 5.74) is 3.85. The van der Waals surface area contributed by atoms with E-state index >= 15 is 0 Å². The summed E-state index contributed by atoms with van der Waals surface area (Å²) in [5, 5.41) is 6.89. The van der Waals surface area contributed by atoms with Crippen molar-refractivity contribution in [3.63, 3.8) is 0 Å². The van der Waals surface area contributed by atoms with Crippen molar-refractivity contribution in [3.05, 3.63) is 46.6 Å². The third-order valence-electron chi connectivity index (χ3n) is 4.44. The lowest BCUT2D eigenvalue weighted by Gasteiger charge is -2.18. The van der Waals surface area contributed by atoms with E-state index in [1.807, 2.05) is 13.8 Å². The average molecular weight is 392 g/mol. The Hall–Kier alpha value is -2.16. The van der Waals surface area contributed by atoms with E-state index in [0.29, 0.717) is 5.56 Å². The van der Waals surface area contributed by atoms with Gasteiger partial charge < -0.3 is 15.4 Å². The number of alkyl halides is 2. The Morgan fingerprint density at radius 2 is 1.89 bits per heavy atom. The number of thiazole rings is 1. The van der Waals surface area contributed by atoms with Crippen LogP contribution in [0.2, 0.25) is 0 Å². The zero-order valence-electron chi connectivity index (χ0n) is 15.6. The fourth-order valence-corrected chi connectivity index (χ4v) is 3.77. The number of pyridine rings is 1. The van der Waals surface area contributed by atoms with Crippen molar-refractivity contribution in [2.75, 3.05) is 19.5 Å². The molecule has 0 saturated carbocycles. The maximum Gasteiger partial charge on any atom is 0.257 e. The van der Waals surface area contributed by atoms with Crippen molar-refractivity contribution in [1.29, 1.82) is 0 Å². The van der Waals surface area contributed by atoms with Gasteiger partial charge in [0, 0.05) is 18.4 Å². The van der Waals surface area contributed by atoms with Gasteiger partial charge in [-0.05, 0) is 38.6 Å². The Kier molecular flexibility index (Phi) is 5.98. The summed E-state index contributed by atoms with van der Waals surface area (Å²) in [5.74, 6) is 0. The first-order valence-corrected chi connectivity index (χ1v) is 9.37. The van der Waals surface area contributed by atoms with Crippen molar-refractivity contribution < 1.29 is 13.5 Å². The number of rotatable bonds is 7. The molecular weight excluding hydrogens is 370 g/mol. The first-order valence-electron chi connectivity index (χ1n) is 8.55. The van der Waals surface area contributed by atoms with Crippen molar-refractivity contribution in [1.82, 2.24) is 15.3 Å². The van der Waals surface area contributed by atoms with Gasteiger partial charge in [0.2, 0.25) is 0 Å². The smallest absolute Gasteiger partial charge is 0.257 e. The fraction of sp³-hybridized carbons (Fsp3) is 0.368. The van der Waals surface area contributed by atoms with Crippen LogP contribution in [0.15, 0.2) is 30.5 Å². The zero-order chi connectivity index (χ0) is 19.6. The SMILES string of the molecule is CN[C@@H](c1ccc(Nc2cnc3sc(C)nc3c2[C@@H](C)OC)cc1)C(F)F. The highest BCUT2D eigenvalue weighted by Gasteiger charge is 2.21. The molecule has 3 aromatic rings. The van der Waals surface area contributed by atoms with Crippen molar-refractivity contribution in [2.24, 2.45) is 0 Å². The van der Waals surface area contributed by atoms with Crippen LogP contribution in [0.25, 0.3) is 10.3 Å². The highest BCUT2D eigenvalue weighted by Crippen LogP contribution is 2.35. The van der Waals surface area contributed by atoms with E-state index in [0.717, 1.165) is 32.3 Å².